The molecular formula is C14H12FN3O2. The molecule has 0 fully saturated rings. The lowest BCUT2D eigenvalue weighted by molar-refractivity contribution is -0.121. The molecule has 0 saturated carbocycles. The molecule has 5 nitrogen and oxygen atoms in total. The highest BCUT2D eigenvalue weighted by Gasteiger charge is 2.01. The van der Waals surface area contributed by atoms with Gasteiger partial charge in [0.1, 0.15) is 12.4 Å². The van der Waals surface area contributed by atoms with Crippen molar-refractivity contribution in [1.29, 1.82) is 0 Å². The molecule has 0 aliphatic carbocycles. The first-order valence-electron chi connectivity index (χ1n) is 5.88. The van der Waals surface area contributed by atoms with E-state index in [4.69, 9.17) is 0 Å². The van der Waals surface area contributed by atoms with Gasteiger partial charge in [0.15, 0.2) is 0 Å². The summed E-state index contributed by atoms with van der Waals surface area (Å²) in [5.41, 5.74) is 2.54. The fraction of sp³-hybridized carbons (Fsp3) is 0.0714. The molecule has 6 heteroatoms. The highest BCUT2D eigenvalue weighted by atomic mass is 19.1. The van der Waals surface area contributed by atoms with E-state index in [9.17, 15) is 14.0 Å². The monoisotopic (exact) mass is 273 g/mol. The minimum atomic E-state index is -0.439. The molecule has 1 heterocycles. The van der Waals surface area contributed by atoms with Gasteiger partial charge in [0.2, 0.25) is 0 Å². The second-order valence-corrected chi connectivity index (χ2v) is 4.01. The van der Waals surface area contributed by atoms with E-state index in [1.165, 1.54) is 35.2 Å². The van der Waals surface area contributed by atoms with Crippen LogP contribution in [-0.4, -0.2) is 16.7 Å². The van der Waals surface area contributed by atoms with Crippen LogP contribution in [0.2, 0.25) is 0 Å². The quantitative estimate of drug-likeness (QED) is 0.670. The van der Waals surface area contributed by atoms with E-state index < -0.39 is 5.91 Å². The number of carbonyl (C=O) groups excluding carboxylic acids is 1. The lowest BCUT2D eigenvalue weighted by Gasteiger charge is -2.02. The highest BCUT2D eigenvalue weighted by Crippen LogP contribution is 1.99. The number of halogens is 1. The Balaban J connectivity index is 1.93. The fourth-order valence-electron chi connectivity index (χ4n) is 1.55. The summed E-state index contributed by atoms with van der Waals surface area (Å²) in [5.74, 6) is -0.818. The first kappa shape index (κ1) is 13.7. The number of nitrogens with one attached hydrogen (secondary N) is 1. The van der Waals surface area contributed by atoms with Gasteiger partial charge in [-0.3, -0.25) is 9.59 Å². The summed E-state index contributed by atoms with van der Waals surface area (Å²) in [6, 6.07) is 10.4. The smallest absolute Gasteiger partial charge is 0.260 e. The average molecular weight is 273 g/mol. The van der Waals surface area contributed by atoms with Crippen molar-refractivity contribution in [2.75, 3.05) is 0 Å². The van der Waals surface area contributed by atoms with Gasteiger partial charge in [-0.1, -0.05) is 18.2 Å². The third kappa shape index (κ3) is 3.88. The number of amides is 1. The molecule has 0 unspecified atom stereocenters. The third-order valence-corrected chi connectivity index (χ3v) is 2.46. The van der Waals surface area contributed by atoms with Gasteiger partial charge in [-0.05, 0) is 23.8 Å². The predicted molar refractivity (Wildman–Crippen MR) is 72.8 cm³/mol. The fourth-order valence-corrected chi connectivity index (χ4v) is 1.55. The third-order valence-electron chi connectivity index (χ3n) is 2.46. The first-order chi connectivity index (χ1) is 9.65. The molecule has 0 spiro atoms. The number of hydrogen-bond acceptors (Lipinski definition) is 3. The number of nitrogens with zero attached hydrogens (tertiary/aromatic N) is 2. The number of aromatic nitrogens is 1. The van der Waals surface area contributed by atoms with Crippen LogP contribution in [0, 0.1) is 5.82 Å². The Hall–Kier alpha value is -2.76. The van der Waals surface area contributed by atoms with Crippen LogP contribution in [0.4, 0.5) is 4.39 Å². The minimum absolute atomic E-state index is 0.125. The van der Waals surface area contributed by atoms with Gasteiger partial charge >= 0.3 is 0 Å². The number of hydrogen-bond donors (Lipinski definition) is 1. The standard InChI is InChI=1S/C14H12FN3O2/c15-12-5-3-4-11(8-12)9-16-17-13(19)10-18-7-2-1-6-14(18)20/h1-9H,10H2,(H,17,19)/b16-9-. The average Bonchev–Trinajstić information content (AvgIpc) is 2.41. The lowest BCUT2D eigenvalue weighted by atomic mass is 10.2. The Bertz CT molecular complexity index is 695. The van der Waals surface area contributed by atoms with E-state index in [2.05, 4.69) is 10.5 Å². The molecule has 0 bridgehead atoms. The highest BCUT2D eigenvalue weighted by molar-refractivity contribution is 5.82. The molecule has 2 aromatic rings. The molecule has 1 aromatic heterocycles. The van der Waals surface area contributed by atoms with Gasteiger partial charge in [-0.25, -0.2) is 9.82 Å². The maximum atomic E-state index is 12.9. The van der Waals surface area contributed by atoms with Crippen molar-refractivity contribution < 1.29 is 9.18 Å². The number of benzene rings is 1. The van der Waals surface area contributed by atoms with Crippen molar-refractivity contribution in [3.8, 4) is 0 Å². The molecule has 2 rings (SSSR count). The van der Waals surface area contributed by atoms with Crippen LogP contribution in [0.3, 0.4) is 0 Å². The Morgan fingerprint density at radius 3 is 2.90 bits per heavy atom. The number of pyridine rings is 1. The minimum Gasteiger partial charge on any atom is -0.306 e. The Morgan fingerprint density at radius 1 is 1.30 bits per heavy atom. The normalized spacial score (nSPS) is 10.7. The summed E-state index contributed by atoms with van der Waals surface area (Å²) in [5, 5.41) is 3.70. The SMILES string of the molecule is O=C(Cn1ccccc1=O)N/N=C\c1cccc(F)c1. The molecule has 0 aliphatic rings. The lowest BCUT2D eigenvalue weighted by Crippen LogP contribution is -2.28. The molecule has 0 atom stereocenters. The zero-order valence-corrected chi connectivity index (χ0v) is 10.5. The summed E-state index contributed by atoms with van der Waals surface area (Å²) >= 11 is 0. The summed E-state index contributed by atoms with van der Waals surface area (Å²) < 4.78 is 14.2. The first-order valence-corrected chi connectivity index (χ1v) is 5.88. The van der Waals surface area contributed by atoms with Crippen molar-refractivity contribution >= 4 is 12.1 Å². The van der Waals surface area contributed by atoms with E-state index in [1.807, 2.05) is 0 Å². The second-order valence-electron chi connectivity index (χ2n) is 4.01. The van der Waals surface area contributed by atoms with Crippen LogP contribution < -0.4 is 11.0 Å². The topological polar surface area (TPSA) is 63.5 Å². The van der Waals surface area contributed by atoms with E-state index in [0.29, 0.717) is 5.56 Å². The molecule has 1 amide bonds. The van der Waals surface area contributed by atoms with Crippen molar-refractivity contribution in [2.24, 2.45) is 5.10 Å². The van der Waals surface area contributed by atoms with Crippen LogP contribution >= 0.6 is 0 Å². The Kier molecular flexibility index (Phi) is 4.39. The van der Waals surface area contributed by atoms with Crippen LogP contribution in [0.25, 0.3) is 0 Å². The van der Waals surface area contributed by atoms with Gasteiger partial charge in [0.25, 0.3) is 11.5 Å². The van der Waals surface area contributed by atoms with Crippen molar-refractivity contribution in [3.05, 3.63) is 70.4 Å². The maximum Gasteiger partial charge on any atom is 0.260 e. The van der Waals surface area contributed by atoms with Crippen LogP contribution in [0.1, 0.15) is 5.56 Å². The Morgan fingerprint density at radius 2 is 2.15 bits per heavy atom. The molecule has 20 heavy (non-hydrogen) atoms. The zero-order chi connectivity index (χ0) is 14.4. The van der Waals surface area contributed by atoms with Crippen molar-refractivity contribution in [3.63, 3.8) is 0 Å². The zero-order valence-electron chi connectivity index (χ0n) is 10.5. The molecule has 0 radical (unpaired) electrons. The summed E-state index contributed by atoms with van der Waals surface area (Å²) in [6.45, 7) is -0.125. The van der Waals surface area contributed by atoms with E-state index >= 15 is 0 Å². The Labute approximate surface area is 114 Å². The second kappa shape index (κ2) is 6.42. The van der Waals surface area contributed by atoms with E-state index in [0.717, 1.165) is 0 Å². The molecule has 1 aromatic carbocycles. The number of hydrazone groups is 1. The number of rotatable bonds is 4. The molecule has 1 N–H and O–H groups in total. The molecule has 0 saturated heterocycles. The van der Waals surface area contributed by atoms with Gasteiger partial charge in [-0.2, -0.15) is 5.10 Å². The largest absolute Gasteiger partial charge is 0.306 e. The van der Waals surface area contributed by atoms with Gasteiger partial charge in [-0.15, -0.1) is 0 Å². The van der Waals surface area contributed by atoms with Crippen LogP contribution in [-0.2, 0) is 11.3 Å². The van der Waals surface area contributed by atoms with Crippen LogP contribution in [0.15, 0.2) is 58.6 Å². The molecule has 102 valence electrons. The molecule has 0 aliphatic heterocycles. The number of carbonyl (C=O) groups is 1. The van der Waals surface area contributed by atoms with Gasteiger partial charge in [0.05, 0.1) is 6.21 Å². The maximum absolute atomic E-state index is 12.9. The van der Waals surface area contributed by atoms with Gasteiger partial charge < -0.3 is 4.57 Å². The van der Waals surface area contributed by atoms with Crippen molar-refractivity contribution in [1.82, 2.24) is 9.99 Å². The van der Waals surface area contributed by atoms with E-state index in [1.54, 1.807) is 24.3 Å². The molecular weight excluding hydrogens is 261 g/mol. The summed E-state index contributed by atoms with van der Waals surface area (Å²) in [6.07, 6.45) is 2.84. The van der Waals surface area contributed by atoms with E-state index in [-0.39, 0.29) is 17.9 Å². The van der Waals surface area contributed by atoms with Crippen LogP contribution in [0.5, 0.6) is 0 Å². The van der Waals surface area contributed by atoms with Crippen molar-refractivity contribution in [2.45, 2.75) is 6.54 Å². The summed E-state index contributed by atoms with van der Waals surface area (Å²) in [7, 11) is 0. The predicted octanol–water partition coefficient (Wildman–Crippen LogP) is 1.14. The summed E-state index contributed by atoms with van der Waals surface area (Å²) in [4.78, 5) is 23.0. The van der Waals surface area contributed by atoms with Gasteiger partial charge in [0, 0.05) is 12.3 Å².